The van der Waals surface area contributed by atoms with Crippen molar-refractivity contribution in [2.45, 2.75) is 20.8 Å². The van der Waals surface area contributed by atoms with Gasteiger partial charge in [-0.3, -0.25) is 4.79 Å². The Labute approximate surface area is 150 Å². The Morgan fingerprint density at radius 1 is 1.12 bits per heavy atom. The monoisotopic (exact) mass is 356 g/mol. The number of benzene rings is 1. The van der Waals surface area contributed by atoms with E-state index in [1.165, 1.54) is 18.4 Å². The fraction of sp³-hybridized carbons (Fsp3) is 0.263. The Balaban J connectivity index is 2.19. The van der Waals surface area contributed by atoms with Crippen LogP contribution in [0.5, 0.6) is 11.5 Å². The van der Waals surface area contributed by atoms with Gasteiger partial charge >= 0.3 is 0 Å². The third-order valence-electron chi connectivity index (χ3n) is 4.54. The largest absolute Gasteiger partial charge is 0.497 e. The smallest absolute Gasteiger partial charge is 0.208 e. The molecule has 3 aromatic rings. The van der Waals surface area contributed by atoms with Crippen molar-refractivity contribution in [3.63, 3.8) is 0 Å². The number of ether oxygens (including phenoxy) is 2. The molecule has 3 rings (SSSR count). The van der Waals surface area contributed by atoms with Crippen LogP contribution in [-0.4, -0.2) is 25.0 Å². The fourth-order valence-electron chi connectivity index (χ4n) is 2.84. The second-order valence-electron chi connectivity index (χ2n) is 5.87. The molecule has 0 atom stereocenters. The molecule has 0 aliphatic rings. The highest BCUT2D eigenvalue weighted by Crippen LogP contribution is 2.39. The minimum atomic E-state index is -0.172. The predicted octanol–water partition coefficient (Wildman–Crippen LogP) is 4.05. The lowest BCUT2D eigenvalue weighted by molar-refractivity contribution is 0.104. The van der Waals surface area contributed by atoms with Crippen LogP contribution in [0.25, 0.3) is 10.2 Å². The summed E-state index contributed by atoms with van der Waals surface area (Å²) in [5.41, 5.74) is 10.4. The van der Waals surface area contributed by atoms with E-state index in [2.05, 4.69) is 4.98 Å². The summed E-state index contributed by atoms with van der Waals surface area (Å²) in [6.45, 7) is 5.99. The Bertz CT molecular complexity index is 992. The molecular weight excluding hydrogens is 336 g/mol. The van der Waals surface area contributed by atoms with Gasteiger partial charge in [0.1, 0.15) is 21.2 Å². The molecule has 0 radical (unpaired) electrons. The van der Waals surface area contributed by atoms with Gasteiger partial charge in [-0.1, -0.05) is 0 Å². The minimum Gasteiger partial charge on any atom is -0.497 e. The molecule has 0 bridgehead atoms. The molecule has 0 aliphatic heterocycles. The van der Waals surface area contributed by atoms with Crippen molar-refractivity contribution in [1.82, 2.24) is 4.98 Å². The summed E-state index contributed by atoms with van der Waals surface area (Å²) < 4.78 is 10.5. The van der Waals surface area contributed by atoms with Crippen LogP contribution in [0.15, 0.2) is 18.2 Å². The number of nitrogens with two attached hydrogens (primary N) is 1. The third-order valence-corrected chi connectivity index (χ3v) is 5.63. The molecule has 5 nitrogen and oxygen atoms in total. The number of thiophene rings is 1. The summed E-state index contributed by atoms with van der Waals surface area (Å²) in [6.07, 6.45) is 0. The van der Waals surface area contributed by atoms with Crippen molar-refractivity contribution < 1.29 is 14.3 Å². The van der Waals surface area contributed by atoms with Crippen LogP contribution in [0, 0.1) is 20.8 Å². The van der Waals surface area contributed by atoms with Crippen LogP contribution in [0.1, 0.15) is 32.1 Å². The molecule has 0 aliphatic carbocycles. The molecule has 2 aromatic heterocycles. The van der Waals surface area contributed by atoms with Gasteiger partial charge in [0.25, 0.3) is 0 Å². The van der Waals surface area contributed by atoms with Crippen LogP contribution in [0.4, 0.5) is 5.69 Å². The number of hydrogen-bond acceptors (Lipinski definition) is 6. The lowest BCUT2D eigenvalue weighted by Crippen LogP contribution is -2.05. The van der Waals surface area contributed by atoms with Gasteiger partial charge in [-0.25, -0.2) is 4.98 Å². The number of aryl methyl sites for hydroxylation is 2. The summed E-state index contributed by atoms with van der Waals surface area (Å²) in [5.74, 6) is 0.912. The zero-order chi connectivity index (χ0) is 18.3. The first-order valence-electron chi connectivity index (χ1n) is 7.81. The number of aromatic nitrogens is 1. The lowest BCUT2D eigenvalue weighted by atomic mass is 10.0. The highest BCUT2D eigenvalue weighted by molar-refractivity contribution is 7.21. The van der Waals surface area contributed by atoms with Crippen molar-refractivity contribution >= 4 is 33.0 Å². The molecule has 0 unspecified atom stereocenters. The van der Waals surface area contributed by atoms with Gasteiger partial charge < -0.3 is 15.2 Å². The number of pyridine rings is 1. The number of ketones is 1. The number of carbonyl (C=O) groups excluding carboxylic acids is 1. The normalized spacial score (nSPS) is 10.9. The molecule has 0 saturated carbocycles. The summed E-state index contributed by atoms with van der Waals surface area (Å²) in [5, 5.41) is 0.865. The van der Waals surface area contributed by atoms with Crippen molar-refractivity contribution in [3.8, 4) is 11.5 Å². The predicted molar refractivity (Wildman–Crippen MR) is 101 cm³/mol. The number of fused-ring (bicyclic) bond motifs is 1. The van der Waals surface area contributed by atoms with E-state index in [0.717, 1.165) is 27.0 Å². The second-order valence-corrected chi connectivity index (χ2v) is 6.87. The van der Waals surface area contributed by atoms with Gasteiger partial charge in [0.15, 0.2) is 0 Å². The topological polar surface area (TPSA) is 74.4 Å². The maximum absolute atomic E-state index is 13.1. The molecule has 25 heavy (non-hydrogen) atoms. The summed E-state index contributed by atoms with van der Waals surface area (Å²) >= 11 is 1.32. The number of methoxy groups -OCH3 is 2. The molecule has 0 amide bonds. The number of hydrogen-bond donors (Lipinski definition) is 1. The summed E-state index contributed by atoms with van der Waals surface area (Å²) in [7, 11) is 3.09. The van der Waals surface area contributed by atoms with Crippen LogP contribution in [-0.2, 0) is 0 Å². The van der Waals surface area contributed by atoms with E-state index in [-0.39, 0.29) is 5.78 Å². The number of nitrogen functional groups attached to an aromatic ring is 1. The van der Waals surface area contributed by atoms with Crippen molar-refractivity contribution in [2.24, 2.45) is 0 Å². The molecule has 0 fully saturated rings. The molecule has 0 saturated heterocycles. The van der Waals surface area contributed by atoms with Crippen molar-refractivity contribution in [3.05, 3.63) is 45.5 Å². The first-order chi connectivity index (χ1) is 11.9. The van der Waals surface area contributed by atoms with Crippen molar-refractivity contribution in [2.75, 3.05) is 20.0 Å². The summed E-state index contributed by atoms with van der Waals surface area (Å²) in [6, 6.07) is 5.12. The zero-order valence-corrected chi connectivity index (χ0v) is 15.7. The first-order valence-corrected chi connectivity index (χ1v) is 8.63. The zero-order valence-electron chi connectivity index (χ0n) is 14.9. The van der Waals surface area contributed by atoms with Gasteiger partial charge in [-0.15, -0.1) is 11.3 Å². The Kier molecular flexibility index (Phi) is 4.39. The molecule has 130 valence electrons. The van der Waals surface area contributed by atoms with Gasteiger partial charge in [-0.2, -0.15) is 0 Å². The van der Waals surface area contributed by atoms with E-state index in [9.17, 15) is 4.79 Å². The van der Waals surface area contributed by atoms with Crippen LogP contribution >= 0.6 is 11.3 Å². The van der Waals surface area contributed by atoms with E-state index in [1.807, 2.05) is 20.8 Å². The Morgan fingerprint density at radius 3 is 2.48 bits per heavy atom. The number of rotatable bonds is 4. The van der Waals surface area contributed by atoms with Gasteiger partial charge in [0.2, 0.25) is 5.78 Å². The average molecular weight is 356 g/mol. The molecular formula is C19H20N2O3S. The fourth-order valence-corrected chi connectivity index (χ4v) is 4.00. The highest BCUT2D eigenvalue weighted by atomic mass is 32.1. The standard InChI is InChI=1S/C19H20N2O3S/c1-9-10(2)15-16(20)18(25-19(15)21-11(9)3)17(22)13-7-6-12(23-4)8-14(13)24-5/h6-8H,20H2,1-5H3. The van der Waals surface area contributed by atoms with Gasteiger partial charge in [0, 0.05) is 17.1 Å². The number of anilines is 1. The van der Waals surface area contributed by atoms with E-state index in [4.69, 9.17) is 15.2 Å². The molecule has 0 spiro atoms. The lowest BCUT2D eigenvalue weighted by Gasteiger charge is -2.09. The summed E-state index contributed by atoms with van der Waals surface area (Å²) in [4.78, 5) is 18.9. The molecule has 1 aromatic carbocycles. The maximum Gasteiger partial charge on any atom is 0.208 e. The number of carbonyl (C=O) groups is 1. The maximum atomic E-state index is 13.1. The molecule has 2 N–H and O–H groups in total. The number of nitrogens with zero attached hydrogens (tertiary/aromatic N) is 1. The molecule has 6 heteroatoms. The van der Waals surface area contributed by atoms with Gasteiger partial charge in [0.05, 0.1) is 25.5 Å². The Hall–Kier alpha value is -2.60. The van der Waals surface area contributed by atoms with E-state index in [0.29, 0.717) is 27.6 Å². The van der Waals surface area contributed by atoms with E-state index >= 15 is 0 Å². The van der Waals surface area contributed by atoms with Gasteiger partial charge in [-0.05, 0) is 44.0 Å². The minimum absolute atomic E-state index is 0.172. The highest BCUT2D eigenvalue weighted by Gasteiger charge is 2.23. The average Bonchev–Trinajstić information content (AvgIpc) is 2.94. The van der Waals surface area contributed by atoms with E-state index < -0.39 is 0 Å². The Morgan fingerprint density at radius 2 is 1.84 bits per heavy atom. The van der Waals surface area contributed by atoms with Crippen LogP contribution < -0.4 is 15.2 Å². The third kappa shape index (κ3) is 2.72. The van der Waals surface area contributed by atoms with Crippen LogP contribution in [0.2, 0.25) is 0 Å². The second kappa shape index (κ2) is 6.37. The molecule has 2 heterocycles. The van der Waals surface area contributed by atoms with E-state index in [1.54, 1.807) is 25.3 Å². The quantitative estimate of drug-likeness (QED) is 0.714. The van der Waals surface area contributed by atoms with Crippen molar-refractivity contribution in [1.29, 1.82) is 0 Å². The SMILES string of the molecule is COc1ccc(C(=O)c2sc3nc(C)c(C)c(C)c3c2N)c(OC)c1. The van der Waals surface area contributed by atoms with Crippen LogP contribution in [0.3, 0.4) is 0 Å². The first kappa shape index (κ1) is 17.2.